The molecule has 0 saturated heterocycles. The summed E-state index contributed by atoms with van der Waals surface area (Å²) in [6.45, 7) is 17.8. The van der Waals surface area contributed by atoms with Gasteiger partial charge in [0.25, 0.3) is 0 Å². The summed E-state index contributed by atoms with van der Waals surface area (Å²) in [4.78, 5) is 4.79. The first-order chi connectivity index (χ1) is 24.7. The minimum Gasteiger partial charge on any atom is -0.509 e. The van der Waals surface area contributed by atoms with Crippen molar-refractivity contribution in [2.75, 3.05) is 0 Å². The van der Waals surface area contributed by atoms with Crippen LogP contribution < -0.4 is 4.74 Å². The number of hydrogen-bond acceptors (Lipinski definition) is 3. The van der Waals surface area contributed by atoms with Crippen molar-refractivity contribution >= 4 is 21.8 Å². The van der Waals surface area contributed by atoms with Crippen LogP contribution in [-0.2, 0) is 57.9 Å². The van der Waals surface area contributed by atoms with E-state index in [1.54, 1.807) is 0 Å². The van der Waals surface area contributed by atoms with Crippen LogP contribution in [0.5, 0.6) is 11.5 Å². The number of para-hydroxylation sites is 1. The van der Waals surface area contributed by atoms with E-state index < -0.39 is 0 Å². The number of fused-ring (bicyclic) bond motifs is 3. The van der Waals surface area contributed by atoms with E-state index in [2.05, 4.69) is 150 Å². The Labute approximate surface area is 322 Å². The number of nitrogens with zero attached hydrogens (tertiary/aromatic N) is 4. The number of benzene rings is 4. The normalized spacial score (nSPS) is 11.7. The second-order valence-corrected chi connectivity index (χ2v) is 14.3. The fraction of sp³-hybridized carbons (Fsp3) is 0.304. The first-order valence-corrected chi connectivity index (χ1v) is 18.6. The molecule has 4 aromatic carbocycles. The molecule has 268 valence electrons. The van der Waals surface area contributed by atoms with Gasteiger partial charge in [0, 0.05) is 34.5 Å². The van der Waals surface area contributed by atoms with E-state index in [4.69, 9.17) is 14.8 Å². The zero-order chi connectivity index (χ0) is 35.9. The number of aromatic nitrogens is 4. The molecule has 0 aliphatic carbocycles. The molecule has 3 heterocycles. The van der Waals surface area contributed by atoms with Crippen LogP contribution in [0.3, 0.4) is 0 Å². The molecule has 0 spiro atoms. The third-order valence-electron chi connectivity index (χ3n) is 10.1. The first-order valence-electron chi connectivity index (χ1n) is 18.6. The average Bonchev–Trinajstić information content (AvgIpc) is 3.69. The van der Waals surface area contributed by atoms with Gasteiger partial charge in [0.1, 0.15) is 5.82 Å². The summed E-state index contributed by atoms with van der Waals surface area (Å²) in [7, 11) is 0. The molecule has 0 bridgehead atoms. The van der Waals surface area contributed by atoms with E-state index in [9.17, 15) is 0 Å². The molecule has 0 aliphatic rings. The van der Waals surface area contributed by atoms with Crippen molar-refractivity contribution in [3.8, 4) is 34.1 Å². The number of pyridine rings is 1. The molecular weight excluding hydrogens is 731 g/mol. The summed E-state index contributed by atoms with van der Waals surface area (Å²) in [5.41, 5.74) is 12.9. The first kappa shape index (κ1) is 37.3. The number of hydrogen-bond donors (Lipinski definition) is 0. The molecule has 7 rings (SSSR count). The predicted octanol–water partition coefficient (Wildman–Crippen LogP) is 11.5. The van der Waals surface area contributed by atoms with Gasteiger partial charge in [-0.15, -0.1) is 41.3 Å². The molecule has 7 aromatic rings. The van der Waals surface area contributed by atoms with Crippen molar-refractivity contribution < 1.29 is 25.2 Å². The maximum Gasteiger partial charge on any atom is 2.00 e. The number of aryl methyl sites for hydroxylation is 4. The largest absolute Gasteiger partial charge is 2.00 e. The second-order valence-electron chi connectivity index (χ2n) is 14.3. The molecule has 5 nitrogen and oxygen atoms in total. The van der Waals surface area contributed by atoms with Gasteiger partial charge in [0.05, 0.1) is 5.69 Å². The van der Waals surface area contributed by atoms with Crippen molar-refractivity contribution in [3.63, 3.8) is 0 Å². The SMILES string of the molecule is CCc1ccnc(-n2c3[c-]c(Oc4[c-]c(-n5nc(CC)c(-c6c(CC)cccc6CC)c5CC)cc(C(C)(C)C)c4)ccc3c3ccccc32)c1.[Pd+2]. The number of ether oxygens (including phenoxy) is 1. The van der Waals surface area contributed by atoms with Crippen LogP contribution in [0.2, 0.25) is 0 Å². The number of rotatable bonds is 10. The van der Waals surface area contributed by atoms with Gasteiger partial charge in [0.2, 0.25) is 0 Å². The fourth-order valence-corrected chi connectivity index (χ4v) is 7.35. The standard InChI is InChI=1S/C46H48N4O.Pd/c1-9-30-23-24-47-43(25-30)49-41-20-15-14-19-37(41)38-22-21-35(29-42(38)49)51-36-27-33(46(6,7)8)26-34(28-36)50-40(13-5)45(39(12-4)48-50)44-31(10-2)17-16-18-32(44)11-3;/h14-27H,9-13H2,1-8H3;/q-2;+2. The van der Waals surface area contributed by atoms with Crippen LogP contribution in [0.1, 0.15) is 89.0 Å². The van der Waals surface area contributed by atoms with E-state index in [0.717, 1.165) is 76.7 Å². The minimum atomic E-state index is -0.127. The van der Waals surface area contributed by atoms with Gasteiger partial charge >= 0.3 is 20.4 Å². The van der Waals surface area contributed by atoms with Crippen LogP contribution in [0.15, 0.2) is 85.1 Å². The third kappa shape index (κ3) is 6.75. The molecule has 52 heavy (non-hydrogen) atoms. The molecular formula is C46H48N4OPd. The van der Waals surface area contributed by atoms with E-state index in [1.807, 2.05) is 12.3 Å². The predicted molar refractivity (Wildman–Crippen MR) is 211 cm³/mol. The summed E-state index contributed by atoms with van der Waals surface area (Å²) in [5, 5.41) is 7.57. The minimum absolute atomic E-state index is 0. The van der Waals surface area contributed by atoms with Crippen LogP contribution in [0, 0.1) is 12.1 Å². The molecule has 0 fully saturated rings. The van der Waals surface area contributed by atoms with Gasteiger partial charge in [-0.2, -0.15) is 11.2 Å². The van der Waals surface area contributed by atoms with Gasteiger partial charge in [-0.05, 0) is 89.0 Å². The van der Waals surface area contributed by atoms with Crippen LogP contribution >= 0.6 is 0 Å². The molecule has 0 unspecified atom stereocenters. The Balaban J connectivity index is 0.00000464. The average molecular weight is 779 g/mol. The molecule has 6 heteroatoms. The van der Waals surface area contributed by atoms with Crippen molar-refractivity contribution in [1.82, 2.24) is 19.3 Å². The van der Waals surface area contributed by atoms with E-state index in [-0.39, 0.29) is 25.8 Å². The van der Waals surface area contributed by atoms with Crippen LogP contribution in [-0.4, -0.2) is 19.3 Å². The maximum absolute atomic E-state index is 6.72. The smallest absolute Gasteiger partial charge is 0.509 e. The van der Waals surface area contributed by atoms with Crippen molar-refractivity contribution in [2.45, 2.75) is 92.9 Å². The Morgan fingerprint density at radius 1 is 0.692 bits per heavy atom. The quantitative estimate of drug-likeness (QED) is 0.103. The summed E-state index contributed by atoms with van der Waals surface area (Å²) in [6, 6.07) is 35.2. The van der Waals surface area contributed by atoms with Gasteiger partial charge < -0.3 is 9.30 Å². The summed E-state index contributed by atoms with van der Waals surface area (Å²) in [5.74, 6) is 2.14. The maximum atomic E-state index is 6.72. The zero-order valence-electron chi connectivity index (χ0n) is 31.6. The van der Waals surface area contributed by atoms with E-state index >= 15 is 0 Å². The Bertz CT molecular complexity index is 2350. The van der Waals surface area contributed by atoms with Crippen molar-refractivity contribution in [1.29, 1.82) is 0 Å². The van der Waals surface area contributed by atoms with Crippen LogP contribution in [0.4, 0.5) is 0 Å². The Morgan fingerprint density at radius 2 is 1.44 bits per heavy atom. The molecule has 0 amide bonds. The topological polar surface area (TPSA) is 44.9 Å². The zero-order valence-corrected chi connectivity index (χ0v) is 33.2. The molecule has 0 radical (unpaired) electrons. The fourth-order valence-electron chi connectivity index (χ4n) is 7.35. The third-order valence-corrected chi connectivity index (χ3v) is 10.1. The van der Waals surface area contributed by atoms with Gasteiger partial charge in [0.15, 0.2) is 0 Å². The molecule has 0 saturated carbocycles. The molecule has 3 aromatic heterocycles. The summed E-state index contributed by atoms with van der Waals surface area (Å²) >= 11 is 0. The van der Waals surface area contributed by atoms with Gasteiger partial charge in [-0.1, -0.05) is 97.3 Å². The Kier molecular flexibility index (Phi) is 10.9. The summed E-state index contributed by atoms with van der Waals surface area (Å²) in [6.07, 6.45) is 6.47. The Hall–Kier alpha value is -4.50. The second kappa shape index (κ2) is 15.2. The molecule has 0 aliphatic heterocycles. The summed E-state index contributed by atoms with van der Waals surface area (Å²) < 4.78 is 11.0. The van der Waals surface area contributed by atoms with Gasteiger partial charge in [-0.25, -0.2) is 4.98 Å². The van der Waals surface area contributed by atoms with Crippen molar-refractivity contribution in [3.05, 3.63) is 131 Å². The Morgan fingerprint density at radius 3 is 2.12 bits per heavy atom. The monoisotopic (exact) mass is 778 g/mol. The van der Waals surface area contributed by atoms with Crippen molar-refractivity contribution in [2.24, 2.45) is 0 Å². The van der Waals surface area contributed by atoms with E-state index in [1.165, 1.54) is 33.5 Å². The molecule has 0 N–H and O–H groups in total. The molecule has 0 atom stereocenters. The van der Waals surface area contributed by atoms with E-state index in [0.29, 0.717) is 11.5 Å². The van der Waals surface area contributed by atoms with Gasteiger partial charge in [-0.3, -0.25) is 4.68 Å². The van der Waals surface area contributed by atoms with Crippen LogP contribution in [0.25, 0.3) is 44.4 Å².